The van der Waals surface area contributed by atoms with Crippen LogP contribution in [0.15, 0.2) is 44.7 Å². The molecule has 2 aromatic heterocycles. The van der Waals surface area contributed by atoms with Crippen LogP contribution in [-0.4, -0.2) is 48.1 Å². The van der Waals surface area contributed by atoms with Crippen molar-refractivity contribution in [2.45, 2.75) is 72.5 Å². The Kier molecular flexibility index (Phi) is 7.94. The Bertz CT molecular complexity index is 1880. The van der Waals surface area contributed by atoms with Crippen molar-refractivity contribution in [2.75, 3.05) is 18.4 Å². The van der Waals surface area contributed by atoms with Crippen molar-refractivity contribution in [1.82, 2.24) is 23.2 Å². The number of imidazole rings is 1. The normalized spacial score (nSPS) is 14.2. The number of rotatable bonds is 7. The summed E-state index contributed by atoms with van der Waals surface area (Å²) in [5, 5.41) is 3.40. The Hall–Kier alpha value is -4.41. The number of carbonyl (C=O) groups is 2. The fourth-order valence-electron chi connectivity index (χ4n) is 6.11. The molecule has 1 aliphatic rings. The Morgan fingerprint density at radius 3 is 2.14 bits per heavy atom. The Morgan fingerprint density at radius 2 is 1.52 bits per heavy atom. The number of carbonyl (C=O) groups excluding carboxylic acids is 2. The number of benzene rings is 2. The van der Waals surface area contributed by atoms with Gasteiger partial charge in [-0.05, 0) is 64.3 Å². The summed E-state index contributed by atoms with van der Waals surface area (Å²) in [7, 11) is 1.67. The predicted molar refractivity (Wildman–Crippen MR) is 163 cm³/mol. The van der Waals surface area contributed by atoms with Gasteiger partial charge >= 0.3 is 11.4 Å². The molecule has 1 saturated heterocycles. The molecule has 0 spiro atoms. The lowest BCUT2D eigenvalue weighted by molar-refractivity contribution is -0.116. The van der Waals surface area contributed by atoms with E-state index in [4.69, 9.17) is 0 Å². The van der Waals surface area contributed by atoms with E-state index in [1.165, 1.54) is 9.13 Å². The van der Waals surface area contributed by atoms with Crippen molar-refractivity contribution in [3.05, 3.63) is 72.8 Å². The van der Waals surface area contributed by atoms with Crippen LogP contribution in [0.2, 0.25) is 0 Å². The highest BCUT2D eigenvalue weighted by Crippen LogP contribution is 2.28. The van der Waals surface area contributed by atoms with Gasteiger partial charge in [0.25, 0.3) is 11.5 Å². The summed E-state index contributed by atoms with van der Waals surface area (Å²) in [4.78, 5) is 67.9. The van der Waals surface area contributed by atoms with E-state index in [1.54, 1.807) is 45.3 Å². The average molecular weight is 575 g/mol. The number of likely N-dealkylation sites (tertiary alicyclic amines) is 1. The molecule has 0 atom stereocenters. The van der Waals surface area contributed by atoms with Crippen LogP contribution in [0.3, 0.4) is 0 Å². The number of aromatic nitrogens is 4. The molecule has 5 rings (SSSR count). The molecule has 2 aromatic carbocycles. The van der Waals surface area contributed by atoms with Crippen molar-refractivity contribution in [1.29, 1.82) is 0 Å². The largest absolute Gasteiger partial charge is 0.338 e. The molecule has 1 fully saturated rings. The summed E-state index contributed by atoms with van der Waals surface area (Å²) in [5.41, 5.74) is 2.67. The minimum absolute atomic E-state index is 0.163. The van der Waals surface area contributed by atoms with Crippen LogP contribution < -0.4 is 22.3 Å². The molecule has 1 N–H and O–H groups in total. The van der Waals surface area contributed by atoms with Crippen LogP contribution >= 0.6 is 0 Å². The molecule has 222 valence electrons. The van der Waals surface area contributed by atoms with Crippen molar-refractivity contribution >= 4 is 39.4 Å². The molecule has 0 bridgehead atoms. The van der Waals surface area contributed by atoms with Gasteiger partial charge in [-0.3, -0.25) is 32.7 Å². The van der Waals surface area contributed by atoms with Gasteiger partial charge in [0.15, 0.2) is 0 Å². The molecule has 0 radical (unpaired) electrons. The zero-order chi connectivity index (χ0) is 30.3. The number of nitrogens with one attached hydrogen (secondary N) is 1. The summed E-state index contributed by atoms with van der Waals surface area (Å²) < 4.78 is 6.10. The van der Waals surface area contributed by atoms with E-state index in [1.807, 2.05) is 33.8 Å². The lowest BCUT2D eigenvalue weighted by Crippen LogP contribution is -2.46. The van der Waals surface area contributed by atoms with E-state index in [0.29, 0.717) is 85.0 Å². The molecule has 0 saturated carbocycles. The molecule has 1 aliphatic heterocycles. The van der Waals surface area contributed by atoms with E-state index in [-0.39, 0.29) is 34.8 Å². The van der Waals surface area contributed by atoms with E-state index >= 15 is 0 Å². The van der Waals surface area contributed by atoms with Crippen LogP contribution in [0.4, 0.5) is 5.69 Å². The third-order valence-corrected chi connectivity index (χ3v) is 8.34. The van der Waals surface area contributed by atoms with Crippen LogP contribution in [0.25, 0.3) is 21.9 Å². The van der Waals surface area contributed by atoms with Crippen LogP contribution in [0.1, 0.15) is 68.4 Å². The predicted octanol–water partition coefficient (Wildman–Crippen LogP) is 3.38. The van der Waals surface area contributed by atoms with Gasteiger partial charge in [0, 0.05) is 45.7 Å². The van der Waals surface area contributed by atoms with Crippen LogP contribution in [0.5, 0.6) is 0 Å². The monoisotopic (exact) mass is 574 g/mol. The zero-order valence-electron chi connectivity index (χ0n) is 24.9. The standard InChI is InChI=1S/C31H38N6O5/c1-6-9-27(38)32-23-18-26-25(35(7-2)31(42)36(26)8-3)17-21(23)28(39)34-14-12-20(13-15-34)37-29(40)22-16-19(4)10-11-24(22)33(5)30(37)41/h10-11,16-18,20H,6-9,12-15H2,1-5H3,(H,32,38). The van der Waals surface area contributed by atoms with Gasteiger partial charge in [0.05, 0.1) is 33.2 Å². The minimum Gasteiger partial charge on any atom is -0.338 e. The van der Waals surface area contributed by atoms with E-state index < -0.39 is 0 Å². The van der Waals surface area contributed by atoms with Gasteiger partial charge in [0.1, 0.15) is 0 Å². The molecule has 11 heteroatoms. The third-order valence-electron chi connectivity index (χ3n) is 8.34. The molecular formula is C31H38N6O5. The van der Waals surface area contributed by atoms with Crippen LogP contribution in [-0.2, 0) is 24.9 Å². The maximum atomic E-state index is 14.0. The smallest absolute Gasteiger partial charge is 0.331 e. The summed E-state index contributed by atoms with van der Waals surface area (Å²) in [6, 6.07) is 8.55. The van der Waals surface area contributed by atoms with Gasteiger partial charge < -0.3 is 10.2 Å². The summed E-state index contributed by atoms with van der Waals surface area (Å²) in [5.74, 6) is -0.470. The number of aryl methyl sites for hydroxylation is 4. The third kappa shape index (κ3) is 4.86. The first-order chi connectivity index (χ1) is 20.1. The highest BCUT2D eigenvalue weighted by Gasteiger charge is 2.29. The Labute approximate surface area is 243 Å². The second kappa shape index (κ2) is 11.5. The number of hydrogen-bond donors (Lipinski definition) is 1. The maximum absolute atomic E-state index is 14.0. The molecule has 4 aromatic rings. The summed E-state index contributed by atoms with van der Waals surface area (Å²) >= 11 is 0. The Morgan fingerprint density at radius 1 is 0.881 bits per heavy atom. The van der Waals surface area contributed by atoms with Gasteiger partial charge in [-0.2, -0.15) is 0 Å². The number of hydrogen-bond acceptors (Lipinski definition) is 5. The fraction of sp³-hybridized carbons (Fsp3) is 0.452. The first-order valence-corrected chi connectivity index (χ1v) is 14.7. The molecule has 0 unspecified atom stereocenters. The van der Waals surface area contributed by atoms with E-state index in [0.717, 1.165) is 5.56 Å². The highest BCUT2D eigenvalue weighted by molar-refractivity contribution is 6.07. The van der Waals surface area contributed by atoms with Crippen LogP contribution in [0, 0.1) is 6.92 Å². The van der Waals surface area contributed by atoms with Crippen molar-refractivity contribution < 1.29 is 9.59 Å². The van der Waals surface area contributed by atoms with Gasteiger partial charge in [-0.25, -0.2) is 9.59 Å². The molecule has 42 heavy (non-hydrogen) atoms. The quantitative estimate of drug-likeness (QED) is 0.363. The zero-order valence-corrected chi connectivity index (χ0v) is 24.9. The topological polar surface area (TPSA) is 120 Å². The maximum Gasteiger partial charge on any atom is 0.331 e. The summed E-state index contributed by atoms with van der Waals surface area (Å²) in [6.07, 6.45) is 1.83. The first kappa shape index (κ1) is 29.1. The number of amides is 2. The van der Waals surface area contributed by atoms with E-state index in [9.17, 15) is 24.0 Å². The van der Waals surface area contributed by atoms with Crippen molar-refractivity contribution in [2.24, 2.45) is 7.05 Å². The van der Waals surface area contributed by atoms with Gasteiger partial charge in [-0.15, -0.1) is 0 Å². The van der Waals surface area contributed by atoms with Crippen molar-refractivity contribution in [3.8, 4) is 0 Å². The van der Waals surface area contributed by atoms with Gasteiger partial charge in [-0.1, -0.05) is 18.6 Å². The number of nitrogens with zero attached hydrogens (tertiary/aromatic N) is 5. The molecule has 0 aliphatic carbocycles. The first-order valence-electron chi connectivity index (χ1n) is 14.7. The molecule has 11 nitrogen and oxygen atoms in total. The Balaban J connectivity index is 1.49. The molecular weight excluding hydrogens is 536 g/mol. The molecule has 3 heterocycles. The summed E-state index contributed by atoms with van der Waals surface area (Å²) in [6.45, 7) is 9.15. The second-order valence-electron chi connectivity index (χ2n) is 11.0. The van der Waals surface area contributed by atoms with Crippen molar-refractivity contribution in [3.63, 3.8) is 0 Å². The second-order valence-corrected chi connectivity index (χ2v) is 11.0. The lowest BCUT2D eigenvalue weighted by atomic mass is 10.0. The lowest BCUT2D eigenvalue weighted by Gasteiger charge is -2.33. The number of piperidine rings is 1. The van der Waals surface area contributed by atoms with E-state index in [2.05, 4.69) is 5.32 Å². The SMILES string of the molecule is CCCC(=O)Nc1cc2c(cc1C(=O)N1CCC(n3c(=O)c4cc(C)ccc4n(C)c3=O)CC1)n(CC)c(=O)n2CC. The average Bonchev–Trinajstić information content (AvgIpc) is 3.24. The molecule has 2 amide bonds. The van der Waals surface area contributed by atoms with Gasteiger partial charge in [0.2, 0.25) is 5.91 Å². The highest BCUT2D eigenvalue weighted by atomic mass is 16.2. The fourth-order valence-corrected chi connectivity index (χ4v) is 6.11. The number of anilines is 1. The minimum atomic E-state index is -0.370. The number of fused-ring (bicyclic) bond motifs is 2.